The van der Waals surface area contributed by atoms with Crippen LogP contribution in [0.15, 0.2) is 41.1 Å². The molecule has 118 valence electrons. The fourth-order valence-corrected chi connectivity index (χ4v) is 3.71. The van der Waals surface area contributed by atoms with Crippen LogP contribution in [0.3, 0.4) is 0 Å². The van der Waals surface area contributed by atoms with E-state index < -0.39 is 17.7 Å². The highest BCUT2D eigenvalue weighted by Gasteiger charge is 2.18. The van der Waals surface area contributed by atoms with Crippen LogP contribution in [0.1, 0.15) is 29.0 Å². The Hall–Kier alpha value is -2.12. The van der Waals surface area contributed by atoms with Crippen molar-refractivity contribution in [3.05, 3.63) is 64.0 Å². The second-order valence-electron chi connectivity index (χ2n) is 4.88. The van der Waals surface area contributed by atoms with E-state index in [9.17, 15) is 13.6 Å². The summed E-state index contributed by atoms with van der Waals surface area (Å²) < 4.78 is 26.7. The highest BCUT2D eigenvalue weighted by atomic mass is 32.1. The highest BCUT2D eigenvalue weighted by molar-refractivity contribution is 7.20. The lowest BCUT2D eigenvalue weighted by Gasteiger charge is -2.14. The molecule has 2 aromatic heterocycles. The van der Waals surface area contributed by atoms with Crippen molar-refractivity contribution in [2.24, 2.45) is 0 Å². The normalized spacial score (nSPS) is 12.1. The number of benzene rings is 1. The molecule has 3 rings (SSSR count). The molecule has 0 saturated heterocycles. The number of hydrogen-bond donors (Lipinski definition) is 1. The molecule has 1 amide bonds. The summed E-state index contributed by atoms with van der Waals surface area (Å²) in [4.78, 5) is 17.5. The number of aromatic nitrogens is 1. The number of carbonyl (C=O) groups is 1. The predicted octanol–water partition coefficient (Wildman–Crippen LogP) is 4.64. The van der Waals surface area contributed by atoms with Crippen molar-refractivity contribution in [1.29, 1.82) is 0 Å². The third kappa shape index (κ3) is 3.46. The van der Waals surface area contributed by atoms with Gasteiger partial charge in [0.2, 0.25) is 0 Å². The first-order chi connectivity index (χ1) is 11.0. The van der Waals surface area contributed by atoms with Crippen molar-refractivity contribution in [3.63, 3.8) is 0 Å². The molecule has 0 aliphatic carbocycles. The molecular formula is C16H12F2N2OS2. The molecule has 2 heterocycles. The molecule has 0 fully saturated rings. The number of carbonyl (C=O) groups excluding carboxylic acids is 1. The van der Waals surface area contributed by atoms with Gasteiger partial charge < -0.3 is 5.32 Å². The van der Waals surface area contributed by atoms with Gasteiger partial charge in [-0.1, -0.05) is 12.1 Å². The molecule has 1 atom stereocenters. The Morgan fingerprint density at radius 1 is 1.26 bits per heavy atom. The van der Waals surface area contributed by atoms with Gasteiger partial charge in [-0.15, -0.1) is 22.7 Å². The van der Waals surface area contributed by atoms with Gasteiger partial charge in [0.15, 0.2) is 0 Å². The van der Waals surface area contributed by atoms with Crippen LogP contribution in [0.2, 0.25) is 0 Å². The molecule has 1 N–H and O–H groups in total. The van der Waals surface area contributed by atoms with Gasteiger partial charge in [-0.05, 0) is 24.4 Å². The van der Waals surface area contributed by atoms with Crippen LogP contribution in [-0.4, -0.2) is 10.9 Å². The second-order valence-corrected chi connectivity index (χ2v) is 6.68. The van der Waals surface area contributed by atoms with Crippen LogP contribution in [0.5, 0.6) is 0 Å². The SMILES string of the molecule is C[C@@H](NC(=O)c1csc(-c2cccs2)n1)c1ccc(F)cc1F. The van der Waals surface area contributed by atoms with Crippen molar-refractivity contribution in [2.75, 3.05) is 0 Å². The Balaban J connectivity index is 1.74. The van der Waals surface area contributed by atoms with Gasteiger partial charge in [-0.25, -0.2) is 13.8 Å². The van der Waals surface area contributed by atoms with Gasteiger partial charge >= 0.3 is 0 Å². The molecule has 0 spiro atoms. The predicted molar refractivity (Wildman–Crippen MR) is 87.7 cm³/mol. The van der Waals surface area contributed by atoms with Crippen molar-refractivity contribution >= 4 is 28.6 Å². The minimum Gasteiger partial charge on any atom is -0.344 e. The fraction of sp³-hybridized carbons (Fsp3) is 0.125. The zero-order valence-electron chi connectivity index (χ0n) is 12.0. The number of amides is 1. The molecule has 23 heavy (non-hydrogen) atoms. The molecule has 0 aliphatic rings. The molecule has 3 aromatic rings. The molecule has 3 nitrogen and oxygen atoms in total. The Kier molecular flexibility index (Phi) is 4.49. The van der Waals surface area contributed by atoms with Crippen LogP contribution in [0.4, 0.5) is 8.78 Å². The monoisotopic (exact) mass is 350 g/mol. The molecule has 0 unspecified atom stereocenters. The lowest BCUT2D eigenvalue weighted by Crippen LogP contribution is -2.27. The number of thiazole rings is 1. The standard InChI is InChI=1S/C16H12F2N2OS2/c1-9(11-5-4-10(17)7-12(11)18)19-15(21)13-8-23-16(20-13)14-3-2-6-22-14/h2-9H,1H3,(H,19,21)/t9-/m1/s1. The van der Waals surface area contributed by atoms with Gasteiger partial charge in [0.05, 0.1) is 10.9 Å². The molecule has 0 radical (unpaired) electrons. The van der Waals surface area contributed by atoms with Gasteiger partial charge in [-0.3, -0.25) is 4.79 Å². The summed E-state index contributed by atoms with van der Waals surface area (Å²) in [5.74, 6) is -1.72. The van der Waals surface area contributed by atoms with Crippen molar-refractivity contribution in [1.82, 2.24) is 10.3 Å². The number of nitrogens with one attached hydrogen (secondary N) is 1. The van der Waals surface area contributed by atoms with E-state index in [0.717, 1.165) is 16.0 Å². The average molecular weight is 350 g/mol. The molecule has 0 bridgehead atoms. The lowest BCUT2D eigenvalue weighted by atomic mass is 10.1. The van der Waals surface area contributed by atoms with Gasteiger partial charge in [-0.2, -0.15) is 0 Å². The Bertz CT molecular complexity index is 830. The summed E-state index contributed by atoms with van der Waals surface area (Å²) >= 11 is 2.92. The molecular weight excluding hydrogens is 338 g/mol. The number of hydrogen-bond acceptors (Lipinski definition) is 4. The Labute approximate surface area is 139 Å². The number of thiophene rings is 1. The third-order valence-corrected chi connectivity index (χ3v) is 5.13. The topological polar surface area (TPSA) is 42.0 Å². The van der Waals surface area contributed by atoms with Gasteiger partial charge in [0.25, 0.3) is 5.91 Å². The van der Waals surface area contributed by atoms with Crippen molar-refractivity contribution in [2.45, 2.75) is 13.0 Å². The smallest absolute Gasteiger partial charge is 0.271 e. The average Bonchev–Trinajstić information content (AvgIpc) is 3.18. The lowest BCUT2D eigenvalue weighted by molar-refractivity contribution is 0.0935. The first kappa shape index (κ1) is 15.8. The Morgan fingerprint density at radius 3 is 2.78 bits per heavy atom. The third-order valence-electron chi connectivity index (χ3n) is 3.25. The maximum Gasteiger partial charge on any atom is 0.271 e. The van der Waals surface area contributed by atoms with E-state index in [4.69, 9.17) is 0 Å². The quantitative estimate of drug-likeness (QED) is 0.745. The summed E-state index contributed by atoms with van der Waals surface area (Å²) in [7, 11) is 0. The second kappa shape index (κ2) is 6.55. The summed E-state index contributed by atoms with van der Waals surface area (Å²) in [6, 6.07) is 6.56. The number of nitrogens with zero attached hydrogens (tertiary/aromatic N) is 1. The molecule has 0 aliphatic heterocycles. The first-order valence-electron chi connectivity index (χ1n) is 6.80. The molecule has 7 heteroatoms. The first-order valence-corrected chi connectivity index (χ1v) is 8.56. The minimum atomic E-state index is -0.685. The molecule has 1 aromatic carbocycles. The minimum absolute atomic E-state index is 0.230. The summed E-state index contributed by atoms with van der Waals surface area (Å²) in [5.41, 5.74) is 0.515. The summed E-state index contributed by atoms with van der Waals surface area (Å²) in [6.45, 7) is 1.64. The van der Waals surface area contributed by atoms with Crippen LogP contribution < -0.4 is 5.32 Å². The van der Waals surface area contributed by atoms with E-state index in [-0.39, 0.29) is 17.2 Å². The van der Waals surface area contributed by atoms with Crippen LogP contribution in [0.25, 0.3) is 9.88 Å². The number of rotatable bonds is 4. The van der Waals surface area contributed by atoms with Crippen LogP contribution in [-0.2, 0) is 0 Å². The van der Waals surface area contributed by atoms with E-state index in [0.29, 0.717) is 0 Å². The van der Waals surface area contributed by atoms with E-state index in [1.807, 2.05) is 17.5 Å². The zero-order valence-corrected chi connectivity index (χ0v) is 13.7. The summed E-state index contributed by atoms with van der Waals surface area (Å²) in [6.07, 6.45) is 0. The largest absolute Gasteiger partial charge is 0.344 e. The zero-order chi connectivity index (χ0) is 16.4. The van der Waals surface area contributed by atoms with E-state index in [2.05, 4.69) is 10.3 Å². The van der Waals surface area contributed by atoms with Crippen LogP contribution in [0, 0.1) is 11.6 Å². The maximum absolute atomic E-state index is 13.7. The van der Waals surface area contributed by atoms with E-state index in [1.165, 1.54) is 23.5 Å². The van der Waals surface area contributed by atoms with Crippen molar-refractivity contribution in [3.8, 4) is 9.88 Å². The maximum atomic E-state index is 13.7. The fourth-order valence-electron chi connectivity index (χ4n) is 2.09. The van der Waals surface area contributed by atoms with Crippen LogP contribution >= 0.6 is 22.7 Å². The van der Waals surface area contributed by atoms with E-state index >= 15 is 0 Å². The molecule has 0 saturated carbocycles. The van der Waals surface area contributed by atoms with Crippen molar-refractivity contribution < 1.29 is 13.6 Å². The Morgan fingerprint density at radius 2 is 2.09 bits per heavy atom. The van der Waals surface area contributed by atoms with Gasteiger partial charge in [0, 0.05) is 17.0 Å². The van der Waals surface area contributed by atoms with Gasteiger partial charge in [0.1, 0.15) is 22.3 Å². The highest BCUT2D eigenvalue weighted by Crippen LogP contribution is 2.28. The van der Waals surface area contributed by atoms with E-state index in [1.54, 1.807) is 23.6 Å². The number of halogens is 2. The summed E-state index contributed by atoms with van der Waals surface area (Å²) in [5, 5.41) is 7.05.